The normalized spacial score (nSPS) is 12.0. The molecule has 1 rings (SSSR count). The van der Waals surface area contributed by atoms with Crippen LogP contribution in [0, 0.1) is 3.70 Å². The van der Waals surface area contributed by atoms with E-state index >= 15 is 0 Å². The zero-order chi connectivity index (χ0) is 8.65. The number of nitrogens with zero attached hydrogens (tertiary/aromatic N) is 1. The molecule has 0 aliphatic heterocycles. The maximum absolute atomic E-state index is 5.39. The van der Waals surface area contributed by atoms with Gasteiger partial charge in [-0.2, -0.15) is 4.98 Å². The van der Waals surface area contributed by atoms with E-state index in [4.69, 9.17) is 10.2 Å². The fraction of sp³-hybridized carbons (Fsp3) is 0.571. The van der Waals surface area contributed by atoms with Crippen molar-refractivity contribution in [1.29, 1.82) is 0 Å². The minimum Gasteiger partial charge on any atom is -0.427 e. The lowest BCUT2D eigenvalue weighted by Gasteiger charge is -2.13. The number of rotatable bonds is 0. The van der Waals surface area contributed by atoms with Crippen molar-refractivity contribution < 1.29 is 4.42 Å². The third kappa shape index (κ3) is 1.85. The summed E-state index contributed by atoms with van der Waals surface area (Å²) in [7, 11) is 0. The maximum Gasteiger partial charge on any atom is 0.293 e. The van der Waals surface area contributed by atoms with Crippen LogP contribution in [0.2, 0.25) is 0 Å². The average Bonchev–Trinajstić information content (AvgIpc) is 2.08. The van der Waals surface area contributed by atoms with E-state index in [2.05, 4.69) is 48.3 Å². The van der Waals surface area contributed by atoms with E-state index in [-0.39, 0.29) is 11.4 Å². The largest absolute Gasteiger partial charge is 0.427 e. The Morgan fingerprint density at radius 2 is 2.00 bits per heavy atom. The molecule has 0 atom stereocenters. The van der Waals surface area contributed by atoms with E-state index in [9.17, 15) is 0 Å². The molecule has 2 N–H and O–H groups in total. The van der Waals surface area contributed by atoms with E-state index in [1.54, 1.807) is 0 Å². The van der Waals surface area contributed by atoms with Crippen molar-refractivity contribution in [3.63, 3.8) is 0 Å². The maximum atomic E-state index is 5.39. The lowest BCUT2D eigenvalue weighted by Crippen LogP contribution is -2.11. The predicted molar refractivity (Wildman–Crippen MR) is 52.3 cm³/mol. The number of oxazole rings is 1. The topological polar surface area (TPSA) is 52.0 Å². The fourth-order valence-corrected chi connectivity index (χ4v) is 1.94. The zero-order valence-corrected chi connectivity index (χ0v) is 8.97. The quantitative estimate of drug-likeness (QED) is 0.732. The lowest BCUT2D eigenvalue weighted by atomic mass is 9.94. The number of aromatic nitrogens is 1. The molecule has 0 radical (unpaired) electrons. The van der Waals surface area contributed by atoms with Crippen LogP contribution in [-0.4, -0.2) is 4.98 Å². The first-order valence-corrected chi connectivity index (χ1v) is 4.41. The van der Waals surface area contributed by atoms with Gasteiger partial charge in [-0.15, -0.1) is 0 Å². The highest BCUT2D eigenvalue weighted by atomic mass is 127. The van der Waals surface area contributed by atoms with Crippen LogP contribution in [0.3, 0.4) is 0 Å². The van der Waals surface area contributed by atoms with Crippen LogP contribution in [0.1, 0.15) is 26.5 Å². The van der Waals surface area contributed by atoms with Crippen LogP contribution in [0.15, 0.2) is 4.42 Å². The summed E-state index contributed by atoms with van der Waals surface area (Å²) < 4.78 is 6.09. The summed E-state index contributed by atoms with van der Waals surface area (Å²) in [6.45, 7) is 6.19. The average molecular weight is 266 g/mol. The summed E-state index contributed by atoms with van der Waals surface area (Å²) in [6.07, 6.45) is 0. The molecular weight excluding hydrogens is 255 g/mol. The first kappa shape index (κ1) is 8.83. The molecule has 0 amide bonds. The van der Waals surface area contributed by atoms with E-state index in [0.29, 0.717) is 0 Å². The Kier molecular flexibility index (Phi) is 2.13. The fourth-order valence-electron chi connectivity index (χ4n) is 0.780. The highest BCUT2D eigenvalue weighted by Gasteiger charge is 2.22. The van der Waals surface area contributed by atoms with Crippen LogP contribution in [0.25, 0.3) is 0 Å². The van der Waals surface area contributed by atoms with Crippen molar-refractivity contribution >= 4 is 28.6 Å². The molecule has 1 aromatic heterocycles. The molecule has 1 heterocycles. The Labute approximate surface area is 79.5 Å². The molecule has 4 heteroatoms. The minimum atomic E-state index is -0.0128. The van der Waals surface area contributed by atoms with Gasteiger partial charge in [0, 0.05) is 5.41 Å². The van der Waals surface area contributed by atoms with Gasteiger partial charge in [-0.1, -0.05) is 20.8 Å². The van der Waals surface area contributed by atoms with Gasteiger partial charge in [-0.3, -0.25) is 0 Å². The van der Waals surface area contributed by atoms with Crippen LogP contribution in [-0.2, 0) is 5.41 Å². The molecule has 0 saturated carbocycles. The molecule has 3 nitrogen and oxygen atoms in total. The number of hydrogen-bond donors (Lipinski definition) is 1. The van der Waals surface area contributed by atoms with E-state index in [1.165, 1.54) is 0 Å². The molecule has 0 aromatic carbocycles. The number of hydrogen-bond acceptors (Lipinski definition) is 3. The van der Waals surface area contributed by atoms with Gasteiger partial charge < -0.3 is 10.2 Å². The lowest BCUT2D eigenvalue weighted by molar-refractivity contribution is 0.415. The predicted octanol–water partition coefficient (Wildman–Crippen LogP) is 2.16. The van der Waals surface area contributed by atoms with E-state index in [0.717, 1.165) is 9.46 Å². The molecule has 0 aliphatic rings. The molecular formula is C7H11IN2O. The summed E-state index contributed by atoms with van der Waals surface area (Å²) in [5.74, 6) is 0.857. The molecule has 0 saturated heterocycles. The van der Waals surface area contributed by atoms with Crippen LogP contribution >= 0.6 is 22.6 Å². The molecule has 0 bridgehead atoms. The van der Waals surface area contributed by atoms with Gasteiger partial charge in [0.15, 0.2) is 0 Å². The van der Waals surface area contributed by atoms with E-state index < -0.39 is 0 Å². The SMILES string of the molecule is CC(C)(C)c1oc(N)nc1I. The summed E-state index contributed by atoms with van der Waals surface area (Å²) in [5, 5.41) is 0. The Hall–Kier alpha value is -0.260. The van der Waals surface area contributed by atoms with Crippen molar-refractivity contribution in [3.05, 3.63) is 9.46 Å². The molecule has 11 heavy (non-hydrogen) atoms. The van der Waals surface area contributed by atoms with Gasteiger partial charge in [-0.05, 0) is 22.6 Å². The first-order valence-electron chi connectivity index (χ1n) is 3.33. The summed E-state index contributed by atoms with van der Waals surface area (Å²) in [6, 6.07) is 0.249. The Morgan fingerprint density at radius 1 is 1.45 bits per heavy atom. The third-order valence-corrected chi connectivity index (χ3v) is 2.01. The van der Waals surface area contributed by atoms with Crippen LogP contribution < -0.4 is 5.73 Å². The van der Waals surface area contributed by atoms with Gasteiger partial charge in [-0.25, -0.2) is 0 Å². The number of anilines is 1. The standard InChI is InChI=1S/C7H11IN2O/c1-7(2,3)4-5(8)10-6(9)11-4/h1-3H3,(H2,9,10). The second kappa shape index (κ2) is 2.66. The monoisotopic (exact) mass is 266 g/mol. The molecule has 0 spiro atoms. The van der Waals surface area contributed by atoms with Gasteiger partial charge in [0.25, 0.3) is 6.01 Å². The molecule has 0 unspecified atom stereocenters. The van der Waals surface area contributed by atoms with Crippen molar-refractivity contribution in [1.82, 2.24) is 4.98 Å². The number of nitrogens with two attached hydrogens (primary N) is 1. The zero-order valence-electron chi connectivity index (χ0n) is 6.81. The van der Waals surface area contributed by atoms with Gasteiger partial charge in [0.1, 0.15) is 9.46 Å². The second-order valence-electron chi connectivity index (χ2n) is 3.42. The van der Waals surface area contributed by atoms with Crippen LogP contribution in [0.4, 0.5) is 6.01 Å². The Bertz CT molecular complexity index is 262. The summed E-state index contributed by atoms with van der Waals surface area (Å²) in [4.78, 5) is 3.98. The second-order valence-corrected chi connectivity index (χ2v) is 4.44. The van der Waals surface area contributed by atoms with Crippen molar-refractivity contribution in [2.75, 3.05) is 5.73 Å². The molecule has 1 aromatic rings. The van der Waals surface area contributed by atoms with Crippen molar-refractivity contribution in [2.45, 2.75) is 26.2 Å². The van der Waals surface area contributed by atoms with Gasteiger partial charge in [0.05, 0.1) is 0 Å². The molecule has 0 aliphatic carbocycles. The number of halogens is 1. The highest BCUT2D eigenvalue weighted by Crippen LogP contribution is 2.28. The Balaban J connectivity index is 3.13. The third-order valence-electron chi connectivity index (χ3n) is 1.28. The summed E-state index contributed by atoms with van der Waals surface area (Å²) >= 11 is 2.12. The molecule has 0 fully saturated rings. The first-order chi connectivity index (χ1) is 4.91. The van der Waals surface area contributed by atoms with Crippen molar-refractivity contribution in [3.8, 4) is 0 Å². The van der Waals surface area contributed by atoms with Crippen molar-refractivity contribution in [2.24, 2.45) is 0 Å². The number of nitrogen functional groups attached to an aromatic ring is 1. The molecule has 62 valence electrons. The van der Waals surface area contributed by atoms with E-state index in [1.807, 2.05) is 0 Å². The van der Waals surface area contributed by atoms with Crippen LogP contribution in [0.5, 0.6) is 0 Å². The van der Waals surface area contributed by atoms with Gasteiger partial charge in [0.2, 0.25) is 0 Å². The smallest absolute Gasteiger partial charge is 0.293 e. The minimum absolute atomic E-state index is 0.0128. The summed E-state index contributed by atoms with van der Waals surface area (Å²) in [5.41, 5.74) is 5.38. The Morgan fingerprint density at radius 3 is 2.18 bits per heavy atom. The highest BCUT2D eigenvalue weighted by molar-refractivity contribution is 14.1. The van der Waals surface area contributed by atoms with Gasteiger partial charge >= 0.3 is 0 Å².